The normalized spacial score (nSPS) is 31.1. The molecule has 6 atom stereocenters. The third-order valence-corrected chi connectivity index (χ3v) is 8.47. The highest BCUT2D eigenvalue weighted by molar-refractivity contribution is 9.09. The summed E-state index contributed by atoms with van der Waals surface area (Å²) >= 11 is 3.71. The highest BCUT2D eigenvalue weighted by atomic mass is 79.9. The number of aliphatic hydroxyl groups excluding tert-OH is 1. The van der Waals surface area contributed by atoms with Crippen LogP contribution >= 0.6 is 15.9 Å². The summed E-state index contributed by atoms with van der Waals surface area (Å²) < 4.78 is 6.56. The van der Waals surface area contributed by atoms with Crippen LogP contribution in [0.3, 0.4) is 0 Å². The van der Waals surface area contributed by atoms with Gasteiger partial charge in [-0.1, -0.05) is 40.9 Å². The number of likely N-dealkylation sites (N-methyl/N-ethyl adjacent to an activating group) is 1. The van der Waals surface area contributed by atoms with Crippen LogP contribution in [-0.2, 0) is 19.1 Å². The van der Waals surface area contributed by atoms with Crippen molar-refractivity contribution in [2.75, 3.05) is 33.3 Å². The third kappa shape index (κ3) is 4.96. The summed E-state index contributed by atoms with van der Waals surface area (Å²) in [4.78, 5) is 46.4. The minimum atomic E-state index is -1.04. The minimum absolute atomic E-state index is 0.0769. The predicted molar refractivity (Wildman–Crippen MR) is 138 cm³/mol. The van der Waals surface area contributed by atoms with Gasteiger partial charge in [-0.05, 0) is 33.1 Å². The molecule has 1 spiro atoms. The maximum atomic E-state index is 14.1. The fourth-order valence-electron chi connectivity index (χ4n) is 6.07. The van der Waals surface area contributed by atoms with Crippen LogP contribution in [-0.4, -0.2) is 99.4 Å². The first-order valence-electron chi connectivity index (χ1n) is 12.7. The fraction of sp³-hybridized carbons (Fsp3) is 0.731. The standard InChI is InChI=1S/C26H40BrN3O5/c1-6-12-28(5)23(32)19-20-24(33)30(14-10-8-9-11-15-31)22(25(34)29(13-7-2)17(3)4)26(20)16-18(27)21(19)35-26/h6-7,17-22,31H,1-2,8-16H2,3-5H3/t18?,19-,20-,21-,22?,26?/m0/s1. The number of hydrogen-bond donors (Lipinski definition) is 1. The summed E-state index contributed by atoms with van der Waals surface area (Å²) in [6.45, 7) is 12.7. The number of nitrogens with zero attached hydrogens (tertiary/aromatic N) is 3. The van der Waals surface area contributed by atoms with E-state index in [1.807, 2.05) is 13.8 Å². The highest BCUT2D eigenvalue weighted by Gasteiger charge is 2.76. The molecule has 3 aliphatic rings. The van der Waals surface area contributed by atoms with E-state index in [9.17, 15) is 14.4 Å². The molecule has 8 nitrogen and oxygen atoms in total. The van der Waals surface area contributed by atoms with Crippen molar-refractivity contribution in [3.8, 4) is 0 Å². The molecule has 0 radical (unpaired) electrons. The molecule has 0 aromatic heterocycles. The molecular formula is C26H40BrN3O5. The number of halogens is 1. The summed E-state index contributed by atoms with van der Waals surface area (Å²) in [5.41, 5.74) is -1.04. The number of hydrogen-bond acceptors (Lipinski definition) is 5. The molecule has 0 aliphatic carbocycles. The van der Waals surface area contributed by atoms with Crippen LogP contribution < -0.4 is 0 Å². The molecule has 1 N–H and O–H groups in total. The van der Waals surface area contributed by atoms with Crippen molar-refractivity contribution in [2.45, 2.75) is 74.6 Å². The first-order valence-corrected chi connectivity index (χ1v) is 13.6. The SMILES string of the molecule is C=CCN(C)C(=O)[C@H]1[C@H]2C(=O)N(CCCCCCO)C(C(=O)N(CC=C)C(C)C)C23CC(Br)[C@@H]1O3. The van der Waals surface area contributed by atoms with Gasteiger partial charge in [0.15, 0.2) is 0 Å². The lowest BCUT2D eigenvalue weighted by atomic mass is 9.70. The quantitative estimate of drug-likeness (QED) is 0.215. The lowest BCUT2D eigenvalue weighted by Crippen LogP contribution is -2.58. The largest absolute Gasteiger partial charge is 0.396 e. The van der Waals surface area contributed by atoms with E-state index in [0.717, 1.165) is 19.3 Å². The Balaban J connectivity index is 1.99. The molecule has 0 saturated carbocycles. The molecule has 3 fully saturated rings. The maximum Gasteiger partial charge on any atom is 0.248 e. The van der Waals surface area contributed by atoms with Gasteiger partial charge in [0.2, 0.25) is 17.7 Å². The average molecular weight is 555 g/mol. The van der Waals surface area contributed by atoms with Gasteiger partial charge in [0.1, 0.15) is 11.6 Å². The smallest absolute Gasteiger partial charge is 0.248 e. The van der Waals surface area contributed by atoms with Crippen molar-refractivity contribution in [1.29, 1.82) is 0 Å². The molecule has 0 aromatic rings. The topological polar surface area (TPSA) is 90.4 Å². The van der Waals surface area contributed by atoms with E-state index in [2.05, 4.69) is 29.1 Å². The van der Waals surface area contributed by atoms with E-state index in [0.29, 0.717) is 32.5 Å². The van der Waals surface area contributed by atoms with Crippen LogP contribution in [0.1, 0.15) is 46.0 Å². The van der Waals surface area contributed by atoms with Gasteiger partial charge in [-0.2, -0.15) is 0 Å². The Kier molecular flexibility index (Phi) is 9.21. The van der Waals surface area contributed by atoms with E-state index in [1.54, 1.807) is 33.9 Å². The Bertz CT molecular complexity index is 836. The number of likely N-dealkylation sites (tertiary alicyclic amines) is 1. The second-order valence-electron chi connectivity index (χ2n) is 10.2. The molecule has 35 heavy (non-hydrogen) atoms. The van der Waals surface area contributed by atoms with Gasteiger partial charge in [0.25, 0.3) is 0 Å². The van der Waals surface area contributed by atoms with E-state index in [4.69, 9.17) is 9.84 Å². The van der Waals surface area contributed by atoms with Gasteiger partial charge in [-0.15, -0.1) is 13.2 Å². The van der Waals surface area contributed by atoms with Gasteiger partial charge in [0.05, 0.1) is 17.9 Å². The van der Waals surface area contributed by atoms with Crippen LogP contribution in [0.5, 0.6) is 0 Å². The van der Waals surface area contributed by atoms with E-state index < -0.39 is 29.6 Å². The first-order chi connectivity index (χ1) is 16.7. The van der Waals surface area contributed by atoms with Crippen LogP contribution in [0.4, 0.5) is 0 Å². The van der Waals surface area contributed by atoms with Gasteiger partial charge < -0.3 is 24.5 Å². The average Bonchev–Trinajstić information content (AvgIpc) is 3.40. The first kappa shape index (κ1) is 27.9. The molecule has 9 heteroatoms. The molecule has 3 amide bonds. The third-order valence-electron chi connectivity index (χ3n) is 7.63. The van der Waals surface area contributed by atoms with Crippen molar-refractivity contribution >= 4 is 33.7 Å². The summed E-state index contributed by atoms with van der Waals surface area (Å²) in [7, 11) is 1.71. The number of aliphatic hydroxyl groups is 1. The molecule has 3 saturated heterocycles. The Morgan fingerprint density at radius 3 is 2.46 bits per heavy atom. The zero-order valence-electron chi connectivity index (χ0n) is 21.2. The lowest BCUT2D eigenvalue weighted by molar-refractivity contribution is -0.149. The lowest BCUT2D eigenvalue weighted by Gasteiger charge is -2.38. The van der Waals surface area contributed by atoms with Gasteiger partial charge in [-0.3, -0.25) is 14.4 Å². The Hall–Kier alpha value is -1.71. The predicted octanol–water partition coefficient (Wildman–Crippen LogP) is 2.35. The molecule has 3 aliphatic heterocycles. The number of amides is 3. The summed E-state index contributed by atoms with van der Waals surface area (Å²) in [5, 5.41) is 9.08. The fourth-order valence-corrected chi connectivity index (χ4v) is 7.01. The van der Waals surface area contributed by atoms with Crippen molar-refractivity contribution in [3.05, 3.63) is 25.3 Å². The van der Waals surface area contributed by atoms with Crippen LogP contribution in [0.2, 0.25) is 0 Å². The molecule has 3 unspecified atom stereocenters. The number of ether oxygens (including phenoxy) is 1. The number of fused-ring (bicyclic) bond motifs is 1. The minimum Gasteiger partial charge on any atom is -0.396 e. The van der Waals surface area contributed by atoms with Crippen LogP contribution in [0.15, 0.2) is 25.3 Å². The number of unbranched alkanes of at least 4 members (excludes halogenated alkanes) is 3. The molecular weight excluding hydrogens is 514 g/mol. The maximum absolute atomic E-state index is 14.1. The van der Waals surface area contributed by atoms with E-state index in [1.165, 1.54) is 0 Å². The van der Waals surface area contributed by atoms with Crippen molar-refractivity contribution < 1.29 is 24.2 Å². The molecule has 3 heterocycles. The van der Waals surface area contributed by atoms with Gasteiger partial charge in [0, 0.05) is 44.2 Å². The van der Waals surface area contributed by atoms with Gasteiger partial charge in [-0.25, -0.2) is 0 Å². The van der Waals surface area contributed by atoms with Crippen molar-refractivity contribution in [3.63, 3.8) is 0 Å². The zero-order chi connectivity index (χ0) is 25.9. The summed E-state index contributed by atoms with van der Waals surface area (Å²) in [5.74, 6) is -1.81. The Labute approximate surface area is 217 Å². The van der Waals surface area contributed by atoms with Crippen LogP contribution in [0.25, 0.3) is 0 Å². The van der Waals surface area contributed by atoms with E-state index in [-0.39, 0.29) is 35.2 Å². The summed E-state index contributed by atoms with van der Waals surface area (Å²) in [6, 6.07) is -0.861. The number of carbonyl (C=O) groups is 3. The molecule has 0 aromatic carbocycles. The van der Waals surface area contributed by atoms with Crippen molar-refractivity contribution in [2.24, 2.45) is 11.8 Å². The number of carbonyl (C=O) groups excluding carboxylic acids is 3. The number of alkyl halides is 1. The second-order valence-corrected chi connectivity index (χ2v) is 11.4. The van der Waals surface area contributed by atoms with Gasteiger partial charge >= 0.3 is 0 Å². The number of rotatable bonds is 13. The molecule has 2 bridgehead atoms. The van der Waals surface area contributed by atoms with E-state index >= 15 is 0 Å². The summed E-state index contributed by atoms with van der Waals surface area (Å²) in [6.07, 6.45) is 6.53. The molecule has 196 valence electrons. The second kappa shape index (κ2) is 11.6. The van der Waals surface area contributed by atoms with Crippen LogP contribution in [0, 0.1) is 11.8 Å². The monoisotopic (exact) mass is 553 g/mol. The zero-order valence-corrected chi connectivity index (χ0v) is 22.8. The Morgan fingerprint density at radius 1 is 1.20 bits per heavy atom. The molecule has 3 rings (SSSR count). The van der Waals surface area contributed by atoms with Crippen molar-refractivity contribution in [1.82, 2.24) is 14.7 Å². The Morgan fingerprint density at radius 2 is 1.86 bits per heavy atom. The highest BCUT2D eigenvalue weighted by Crippen LogP contribution is 2.60.